The first-order valence-electron chi connectivity index (χ1n) is 7.89. The number of esters is 1. The molecule has 1 aliphatic carbocycles. The molecule has 0 radical (unpaired) electrons. The number of carbonyl (C=O) groups is 1. The van der Waals surface area contributed by atoms with Crippen molar-refractivity contribution in [2.75, 3.05) is 11.9 Å². The van der Waals surface area contributed by atoms with Crippen LogP contribution in [0.4, 0.5) is 5.69 Å². The first-order valence-corrected chi connectivity index (χ1v) is 7.89. The Kier molecular flexibility index (Phi) is 4.60. The van der Waals surface area contributed by atoms with E-state index in [0.29, 0.717) is 6.61 Å². The summed E-state index contributed by atoms with van der Waals surface area (Å²) in [7, 11) is 0. The fourth-order valence-corrected chi connectivity index (χ4v) is 3.38. The molecule has 0 heterocycles. The quantitative estimate of drug-likeness (QED) is 0.839. The van der Waals surface area contributed by atoms with Crippen LogP contribution in [0.5, 0.6) is 0 Å². The Bertz CT molecular complexity index is 492. The summed E-state index contributed by atoms with van der Waals surface area (Å²) >= 11 is 0. The van der Waals surface area contributed by atoms with E-state index >= 15 is 0 Å². The fraction of sp³-hybridized carbons (Fsp3) is 0.611. The molecule has 0 spiro atoms. The lowest BCUT2D eigenvalue weighted by atomic mass is 9.68. The summed E-state index contributed by atoms with van der Waals surface area (Å²) in [6, 6.07) is 8.21. The highest BCUT2D eigenvalue weighted by molar-refractivity contribution is 5.85. The number of benzene rings is 1. The predicted molar refractivity (Wildman–Crippen MR) is 86.4 cm³/mol. The van der Waals surface area contributed by atoms with Crippen LogP contribution in [0.3, 0.4) is 0 Å². The van der Waals surface area contributed by atoms with Crippen molar-refractivity contribution in [3.63, 3.8) is 0 Å². The summed E-state index contributed by atoms with van der Waals surface area (Å²) in [5.41, 5.74) is 1.77. The summed E-state index contributed by atoms with van der Waals surface area (Å²) in [6.07, 6.45) is 3.85. The highest BCUT2D eigenvalue weighted by atomic mass is 16.5. The molecule has 0 aliphatic heterocycles. The van der Waals surface area contributed by atoms with Gasteiger partial charge in [0, 0.05) is 5.69 Å². The largest absolute Gasteiger partial charge is 0.464 e. The van der Waals surface area contributed by atoms with Crippen molar-refractivity contribution in [3.05, 3.63) is 29.8 Å². The first-order chi connectivity index (χ1) is 9.87. The maximum absolute atomic E-state index is 12.6. The number of hydrogen-bond donors (Lipinski definition) is 1. The number of hydrogen-bond acceptors (Lipinski definition) is 3. The van der Waals surface area contributed by atoms with Crippen LogP contribution in [0.25, 0.3) is 0 Å². The third-order valence-corrected chi connectivity index (χ3v) is 4.34. The van der Waals surface area contributed by atoms with E-state index < -0.39 is 5.54 Å². The Balaban J connectivity index is 2.27. The summed E-state index contributed by atoms with van der Waals surface area (Å²) in [5, 5.41) is 3.49. The Labute approximate surface area is 128 Å². The average Bonchev–Trinajstić information content (AvgIpc) is 2.40. The molecular weight excluding hydrogens is 262 g/mol. The van der Waals surface area contributed by atoms with E-state index in [1.165, 1.54) is 5.56 Å². The van der Waals surface area contributed by atoms with Crippen LogP contribution in [-0.2, 0) is 9.53 Å². The fourth-order valence-electron chi connectivity index (χ4n) is 3.38. The molecule has 1 aromatic rings. The molecule has 2 rings (SSSR count). The summed E-state index contributed by atoms with van der Waals surface area (Å²) in [5.74, 6) is -0.113. The lowest BCUT2D eigenvalue weighted by Gasteiger charge is -2.44. The van der Waals surface area contributed by atoms with Gasteiger partial charge in [0.05, 0.1) is 6.61 Å². The number of anilines is 1. The van der Waals surface area contributed by atoms with Crippen molar-refractivity contribution in [2.24, 2.45) is 5.41 Å². The van der Waals surface area contributed by atoms with Crippen LogP contribution >= 0.6 is 0 Å². The molecule has 0 amide bonds. The molecule has 116 valence electrons. The number of ether oxygens (including phenoxy) is 1. The van der Waals surface area contributed by atoms with Gasteiger partial charge in [0.15, 0.2) is 0 Å². The Morgan fingerprint density at radius 2 is 1.90 bits per heavy atom. The van der Waals surface area contributed by atoms with E-state index in [0.717, 1.165) is 31.4 Å². The van der Waals surface area contributed by atoms with Gasteiger partial charge in [-0.15, -0.1) is 0 Å². The van der Waals surface area contributed by atoms with Crippen LogP contribution in [0.2, 0.25) is 0 Å². The Morgan fingerprint density at radius 1 is 1.24 bits per heavy atom. The van der Waals surface area contributed by atoms with Gasteiger partial charge in [-0.25, -0.2) is 4.79 Å². The third-order valence-electron chi connectivity index (χ3n) is 4.34. The molecule has 1 aromatic carbocycles. The Hall–Kier alpha value is -1.51. The predicted octanol–water partition coefficient (Wildman–Crippen LogP) is 4.31. The maximum atomic E-state index is 12.6. The molecule has 3 nitrogen and oxygen atoms in total. The van der Waals surface area contributed by atoms with Gasteiger partial charge < -0.3 is 10.1 Å². The smallest absolute Gasteiger partial charge is 0.331 e. The van der Waals surface area contributed by atoms with E-state index in [-0.39, 0.29) is 11.4 Å². The van der Waals surface area contributed by atoms with Crippen molar-refractivity contribution in [2.45, 2.75) is 58.9 Å². The van der Waals surface area contributed by atoms with Crippen molar-refractivity contribution >= 4 is 11.7 Å². The number of aryl methyl sites for hydroxylation is 1. The number of nitrogens with one attached hydrogen (secondary N) is 1. The standard InChI is InChI=1S/C18H27NO2/c1-5-21-16(20)18(12-6-11-17(3,4)13-18)19-15-9-7-14(2)8-10-15/h7-10,19H,5-6,11-13H2,1-4H3. The zero-order valence-electron chi connectivity index (χ0n) is 13.7. The van der Waals surface area contributed by atoms with E-state index in [9.17, 15) is 4.79 Å². The molecule has 0 saturated heterocycles. The second-order valence-electron chi connectivity index (χ2n) is 6.99. The second-order valence-corrected chi connectivity index (χ2v) is 6.99. The van der Waals surface area contributed by atoms with Crippen molar-refractivity contribution in [3.8, 4) is 0 Å². The first kappa shape index (κ1) is 15.9. The number of carbonyl (C=O) groups excluding carboxylic acids is 1. The zero-order chi connectivity index (χ0) is 15.5. The highest BCUT2D eigenvalue weighted by Crippen LogP contribution is 2.43. The van der Waals surface area contributed by atoms with E-state index in [2.05, 4.69) is 38.2 Å². The minimum atomic E-state index is -0.590. The van der Waals surface area contributed by atoms with Crippen molar-refractivity contribution < 1.29 is 9.53 Å². The van der Waals surface area contributed by atoms with Crippen LogP contribution in [0.1, 0.15) is 52.0 Å². The van der Waals surface area contributed by atoms with E-state index in [1.54, 1.807) is 0 Å². The van der Waals surface area contributed by atoms with Gasteiger partial charge >= 0.3 is 5.97 Å². The Morgan fingerprint density at radius 3 is 2.48 bits per heavy atom. The van der Waals surface area contributed by atoms with E-state index in [1.807, 2.05) is 19.1 Å². The van der Waals surface area contributed by atoms with Gasteiger partial charge in [-0.3, -0.25) is 0 Å². The lowest BCUT2D eigenvalue weighted by molar-refractivity contribution is -0.151. The third kappa shape index (κ3) is 3.78. The van der Waals surface area contributed by atoms with Crippen molar-refractivity contribution in [1.82, 2.24) is 0 Å². The molecular formula is C18H27NO2. The molecule has 1 aliphatic rings. The average molecular weight is 289 g/mol. The zero-order valence-corrected chi connectivity index (χ0v) is 13.7. The molecule has 0 aromatic heterocycles. The minimum Gasteiger partial charge on any atom is -0.464 e. The van der Waals surface area contributed by atoms with Gasteiger partial charge in [0.25, 0.3) is 0 Å². The molecule has 3 heteroatoms. The minimum absolute atomic E-state index is 0.113. The van der Waals surface area contributed by atoms with Crippen LogP contribution in [-0.4, -0.2) is 18.1 Å². The lowest BCUT2D eigenvalue weighted by Crippen LogP contribution is -2.52. The highest BCUT2D eigenvalue weighted by Gasteiger charge is 2.46. The van der Waals surface area contributed by atoms with Crippen LogP contribution in [0.15, 0.2) is 24.3 Å². The maximum Gasteiger partial charge on any atom is 0.331 e. The van der Waals surface area contributed by atoms with Crippen molar-refractivity contribution in [1.29, 1.82) is 0 Å². The SMILES string of the molecule is CCOC(=O)C1(Nc2ccc(C)cc2)CCCC(C)(C)C1. The van der Waals surface area contributed by atoms with Gasteiger partial charge in [0.2, 0.25) is 0 Å². The normalized spacial score (nSPS) is 24.4. The molecule has 1 fully saturated rings. The van der Waals surface area contributed by atoms with Gasteiger partial charge in [0.1, 0.15) is 5.54 Å². The second kappa shape index (κ2) is 6.08. The van der Waals surface area contributed by atoms with Crippen LogP contribution in [0, 0.1) is 12.3 Å². The molecule has 1 unspecified atom stereocenters. The van der Waals surface area contributed by atoms with Gasteiger partial charge in [-0.05, 0) is 57.1 Å². The molecule has 1 saturated carbocycles. The van der Waals surface area contributed by atoms with Gasteiger partial charge in [-0.1, -0.05) is 31.5 Å². The topological polar surface area (TPSA) is 38.3 Å². The summed E-state index contributed by atoms with van der Waals surface area (Å²) in [4.78, 5) is 12.6. The summed E-state index contributed by atoms with van der Waals surface area (Å²) < 4.78 is 5.37. The molecule has 0 bridgehead atoms. The molecule has 21 heavy (non-hydrogen) atoms. The monoisotopic (exact) mass is 289 g/mol. The van der Waals surface area contributed by atoms with Crippen LogP contribution < -0.4 is 5.32 Å². The molecule has 1 N–H and O–H groups in total. The van der Waals surface area contributed by atoms with Gasteiger partial charge in [-0.2, -0.15) is 0 Å². The molecule has 1 atom stereocenters. The summed E-state index contributed by atoms with van der Waals surface area (Å²) in [6.45, 7) is 8.82. The number of rotatable bonds is 4. The van der Waals surface area contributed by atoms with E-state index in [4.69, 9.17) is 4.74 Å².